The number of carbonyl (C=O) groups is 2. The van der Waals surface area contributed by atoms with Gasteiger partial charge in [-0.05, 0) is 18.6 Å². The number of hydrogen-bond acceptors (Lipinski definition) is 4. The van der Waals surface area contributed by atoms with Crippen molar-refractivity contribution in [2.75, 3.05) is 32.7 Å². The Bertz CT molecular complexity index is 719. The summed E-state index contributed by atoms with van der Waals surface area (Å²) >= 11 is 0. The van der Waals surface area contributed by atoms with Crippen LogP contribution in [0.4, 0.5) is 0 Å². The third kappa shape index (κ3) is 5.28. The number of nitrogens with one attached hydrogen (secondary N) is 1. The number of carbonyl (C=O) groups excluding carboxylic acids is 2. The molecule has 0 atom stereocenters. The van der Waals surface area contributed by atoms with Crippen molar-refractivity contribution in [1.82, 2.24) is 14.5 Å². The van der Waals surface area contributed by atoms with Crippen LogP contribution in [-0.4, -0.2) is 62.2 Å². The van der Waals surface area contributed by atoms with E-state index in [4.69, 9.17) is 0 Å². The maximum Gasteiger partial charge on any atom is 0.243 e. The molecule has 0 spiro atoms. The average molecular weight is 381 g/mol. The lowest BCUT2D eigenvalue weighted by molar-refractivity contribution is -0.134. The van der Waals surface area contributed by atoms with Crippen LogP contribution in [-0.2, 0) is 19.6 Å². The zero-order valence-corrected chi connectivity index (χ0v) is 16.2. The zero-order chi connectivity index (χ0) is 19.2. The van der Waals surface area contributed by atoms with Crippen LogP contribution < -0.4 is 5.32 Å². The fourth-order valence-corrected chi connectivity index (χ4v) is 4.37. The van der Waals surface area contributed by atoms with Crippen LogP contribution >= 0.6 is 0 Å². The third-order valence-electron chi connectivity index (χ3n) is 4.31. The fraction of sp³-hybridized carbons (Fsp3) is 0.556. The van der Waals surface area contributed by atoms with Crippen molar-refractivity contribution in [3.8, 4) is 0 Å². The highest BCUT2D eigenvalue weighted by Crippen LogP contribution is 2.16. The van der Waals surface area contributed by atoms with Crippen LogP contribution in [0.2, 0.25) is 0 Å². The maximum atomic E-state index is 12.9. The smallest absolute Gasteiger partial charge is 0.243 e. The van der Waals surface area contributed by atoms with Crippen LogP contribution in [0.1, 0.15) is 26.7 Å². The molecule has 1 aromatic rings. The number of rotatable bonds is 3. The summed E-state index contributed by atoms with van der Waals surface area (Å²) in [5, 5.41) is 2.76. The molecule has 1 aliphatic heterocycles. The summed E-state index contributed by atoms with van der Waals surface area (Å²) in [4.78, 5) is 26.2. The second kappa shape index (κ2) is 9.14. The lowest BCUT2D eigenvalue weighted by atomic mass is 10.2. The van der Waals surface area contributed by atoms with Gasteiger partial charge in [-0.1, -0.05) is 32.0 Å². The van der Waals surface area contributed by atoms with Crippen LogP contribution in [0.5, 0.6) is 0 Å². The third-order valence-corrected chi connectivity index (χ3v) is 6.23. The van der Waals surface area contributed by atoms with E-state index >= 15 is 0 Å². The van der Waals surface area contributed by atoms with E-state index in [9.17, 15) is 18.0 Å². The Morgan fingerprint density at radius 2 is 1.77 bits per heavy atom. The Hall–Kier alpha value is -1.93. The molecule has 8 heteroatoms. The molecule has 1 aromatic carbocycles. The Kier molecular flexibility index (Phi) is 7.16. The molecule has 1 heterocycles. The van der Waals surface area contributed by atoms with E-state index in [-0.39, 0.29) is 42.1 Å². The average Bonchev–Trinajstić information content (AvgIpc) is 2.66. The minimum Gasteiger partial charge on any atom is -0.354 e. The lowest BCUT2D eigenvalue weighted by Crippen LogP contribution is -2.41. The number of hydrogen-bond donors (Lipinski definition) is 1. The van der Waals surface area contributed by atoms with Crippen LogP contribution in [0.3, 0.4) is 0 Å². The van der Waals surface area contributed by atoms with Crippen molar-refractivity contribution in [3.63, 3.8) is 0 Å². The maximum absolute atomic E-state index is 12.9. The predicted molar refractivity (Wildman–Crippen MR) is 98.9 cm³/mol. The first-order valence-electron chi connectivity index (χ1n) is 8.93. The van der Waals surface area contributed by atoms with Crippen LogP contribution in [0.25, 0.3) is 0 Å². The van der Waals surface area contributed by atoms with Gasteiger partial charge in [0, 0.05) is 45.1 Å². The standard InChI is InChI=1S/C18H27N3O4S/c1-15(2)18(23)20-11-6-12-21(13-9-17(22)19-10-14-20)26(24,25)16-7-4-3-5-8-16/h3-5,7-8,15H,6,9-14H2,1-2H3,(H,19,22). The fourth-order valence-electron chi connectivity index (χ4n) is 2.87. The van der Waals surface area contributed by atoms with Gasteiger partial charge in [-0.25, -0.2) is 8.42 Å². The minimum absolute atomic E-state index is 0.0102. The van der Waals surface area contributed by atoms with Crippen molar-refractivity contribution in [1.29, 1.82) is 0 Å². The molecule has 26 heavy (non-hydrogen) atoms. The first kappa shape index (κ1) is 20.4. The van der Waals surface area contributed by atoms with Crippen LogP contribution in [0.15, 0.2) is 35.2 Å². The highest BCUT2D eigenvalue weighted by Gasteiger charge is 2.26. The van der Waals surface area contributed by atoms with Gasteiger partial charge >= 0.3 is 0 Å². The molecule has 0 bridgehead atoms. The second-order valence-electron chi connectivity index (χ2n) is 6.65. The monoisotopic (exact) mass is 381 g/mol. The summed E-state index contributed by atoms with van der Waals surface area (Å²) in [7, 11) is -3.67. The Morgan fingerprint density at radius 1 is 1.08 bits per heavy atom. The van der Waals surface area contributed by atoms with Gasteiger partial charge in [0.05, 0.1) is 4.90 Å². The van der Waals surface area contributed by atoms with Crippen molar-refractivity contribution in [2.45, 2.75) is 31.6 Å². The molecule has 0 saturated carbocycles. The molecule has 0 unspecified atom stereocenters. The van der Waals surface area contributed by atoms with E-state index in [2.05, 4.69) is 5.32 Å². The van der Waals surface area contributed by atoms with Gasteiger partial charge in [0.1, 0.15) is 0 Å². The van der Waals surface area contributed by atoms with E-state index in [0.717, 1.165) is 0 Å². The highest BCUT2D eigenvalue weighted by molar-refractivity contribution is 7.89. The summed E-state index contributed by atoms with van der Waals surface area (Å²) in [6.45, 7) is 5.34. The molecule has 7 nitrogen and oxygen atoms in total. The normalized spacial score (nSPS) is 18.3. The number of sulfonamides is 1. The first-order chi connectivity index (χ1) is 12.3. The molecule has 144 valence electrons. The lowest BCUT2D eigenvalue weighted by Gasteiger charge is -2.26. The van der Waals surface area contributed by atoms with Gasteiger partial charge in [-0.3, -0.25) is 9.59 Å². The Morgan fingerprint density at radius 3 is 2.42 bits per heavy atom. The van der Waals surface area contributed by atoms with Gasteiger partial charge in [0.2, 0.25) is 21.8 Å². The molecule has 0 aromatic heterocycles. The van der Waals surface area contributed by atoms with E-state index in [0.29, 0.717) is 26.1 Å². The van der Waals surface area contributed by atoms with Crippen LogP contribution in [0, 0.1) is 5.92 Å². The molecule has 2 rings (SSSR count). The predicted octanol–water partition coefficient (Wildman–Crippen LogP) is 1.07. The minimum atomic E-state index is -3.67. The largest absolute Gasteiger partial charge is 0.354 e. The molecule has 1 fully saturated rings. The Balaban J connectivity index is 2.18. The first-order valence-corrected chi connectivity index (χ1v) is 10.4. The van der Waals surface area contributed by atoms with Crippen molar-refractivity contribution >= 4 is 21.8 Å². The number of nitrogens with zero attached hydrogens (tertiary/aromatic N) is 2. The molecular formula is C18H27N3O4S. The van der Waals surface area contributed by atoms with Crippen molar-refractivity contribution in [3.05, 3.63) is 30.3 Å². The zero-order valence-electron chi connectivity index (χ0n) is 15.3. The van der Waals surface area contributed by atoms with E-state index in [1.165, 1.54) is 4.31 Å². The second-order valence-corrected chi connectivity index (χ2v) is 8.59. The van der Waals surface area contributed by atoms with Crippen molar-refractivity contribution < 1.29 is 18.0 Å². The quantitative estimate of drug-likeness (QED) is 0.849. The molecule has 1 N–H and O–H groups in total. The van der Waals surface area contributed by atoms with Gasteiger partial charge in [-0.2, -0.15) is 4.31 Å². The molecule has 1 aliphatic rings. The number of amides is 2. The molecule has 0 radical (unpaired) electrons. The summed E-state index contributed by atoms with van der Waals surface area (Å²) in [6, 6.07) is 8.21. The van der Waals surface area contributed by atoms with E-state index in [1.54, 1.807) is 35.2 Å². The topological polar surface area (TPSA) is 86.8 Å². The summed E-state index contributed by atoms with van der Waals surface area (Å²) in [5.74, 6) is -0.340. The SMILES string of the molecule is CC(C)C(=O)N1CCCN(S(=O)(=O)c2ccccc2)CCC(=O)NCC1. The Labute approximate surface area is 155 Å². The van der Waals surface area contributed by atoms with E-state index in [1.807, 2.05) is 13.8 Å². The van der Waals surface area contributed by atoms with Gasteiger partial charge < -0.3 is 10.2 Å². The molecule has 1 saturated heterocycles. The molecule has 0 aliphatic carbocycles. The van der Waals surface area contributed by atoms with Gasteiger partial charge in [0.25, 0.3) is 0 Å². The molecule has 2 amide bonds. The van der Waals surface area contributed by atoms with E-state index < -0.39 is 10.0 Å². The van der Waals surface area contributed by atoms with Gasteiger partial charge in [0.15, 0.2) is 0 Å². The number of benzene rings is 1. The van der Waals surface area contributed by atoms with Gasteiger partial charge in [-0.15, -0.1) is 0 Å². The summed E-state index contributed by atoms with van der Waals surface area (Å²) in [5.41, 5.74) is 0. The highest BCUT2D eigenvalue weighted by atomic mass is 32.2. The summed E-state index contributed by atoms with van der Waals surface area (Å²) in [6.07, 6.45) is 0.628. The molecular weight excluding hydrogens is 354 g/mol. The van der Waals surface area contributed by atoms with Crippen molar-refractivity contribution in [2.24, 2.45) is 5.92 Å². The summed E-state index contributed by atoms with van der Waals surface area (Å²) < 4.78 is 27.1.